The molecule has 0 saturated carbocycles. The summed E-state index contributed by atoms with van der Waals surface area (Å²) in [6.45, 7) is 4.58. The first-order valence-corrected chi connectivity index (χ1v) is 28.8. The second kappa shape index (κ2) is 98.9. The molecule has 0 aliphatic carbocycles. The average Bonchev–Trinajstić information content (AvgIpc) is 2.85. The second-order valence-electron chi connectivity index (χ2n) is 2.68. The Morgan fingerprint density at radius 3 is 0.941 bits per heavy atom. The fourth-order valence-corrected chi connectivity index (χ4v) is 19.3. The van der Waals surface area contributed by atoms with Crippen molar-refractivity contribution < 1.29 is 35.3 Å². The largest absolute Gasteiger partial charge is 0.679 e. The first-order valence-electron chi connectivity index (χ1n) is 7.01. The molecule has 0 rings (SSSR count). The molecule has 0 spiro atoms. The van der Waals surface area contributed by atoms with Gasteiger partial charge in [0, 0.05) is 115 Å². The Morgan fingerprint density at radius 1 is 0.706 bits per heavy atom. The van der Waals surface area contributed by atoms with Crippen molar-refractivity contribution in [2.24, 2.45) is 0 Å². The van der Waals surface area contributed by atoms with E-state index in [2.05, 4.69) is 31.8 Å². The second-order valence-corrected chi connectivity index (χ2v) is 21.9. The fraction of sp³-hybridized carbons (Fsp3) is 0.800. The van der Waals surface area contributed by atoms with E-state index >= 15 is 0 Å². The molecular formula is C10H26Cl4N6PPt2S11-2. The van der Waals surface area contributed by atoms with Crippen molar-refractivity contribution in [2.75, 3.05) is 26.2 Å². The van der Waals surface area contributed by atoms with Crippen LogP contribution in [0.2, 0.25) is 0 Å². The molecule has 0 aromatic rings. The molecule has 0 amide bonds. The Balaban J connectivity index is -0.0000000332. The zero-order valence-corrected chi connectivity index (χ0v) is 35.5. The summed E-state index contributed by atoms with van der Waals surface area (Å²) in [5.74, 6) is 0. The van der Waals surface area contributed by atoms with Gasteiger partial charge in [0.25, 0.3) is 0 Å². The molecule has 34 heavy (non-hydrogen) atoms. The van der Waals surface area contributed by atoms with Crippen LogP contribution in [0, 0.1) is 22.7 Å². The monoisotopic (exact) mass is 1140 g/mol. The van der Waals surface area contributed by atoms with Crippen molar-refractivity contribution in [3.05, 3.63) is 22.9 Å². The number of nitrogens with zero attached hydrogens (tertiary/aromatic N) is 2. The molecule has 0 radical (unpaired) electrons. The van der Waals surface area contributed by atoms with Crippen LogP contribution in [0.4, 0.5) is 0 Å². The van der Waals surface area contributed by atoms with Crippen molar-refractivity contribution in [3.63, 3.8) is 0 Å². The minimum Gasteiger partial charge on any atom is -0.679 e. The van der Waals surface area contributed by atoms with Crippen LogP contribution >= 0.6 is 50.6 Å². The average molecular weight is 1150 g/mol. The van der Waals surface area contributed by atoms with E-state index in [9.17, 15) is 0 Å². The van der Waals surface area contributed by atoms with E-state index in [0.717, 1.165) is 0 Å². The van der Waals surface area contributed by atoms with Gasteiger partial charge in [-0.15, -0.1) is 12.4 Å². The first kappa shape index (κ1) is 62.0. The molecule has 0 aromatic heterocycles. The number of rotatable bonds is 2. The zero-order chi connectivity index (χ0) is 26.7. The SMILES string of the molecule is CCC#N.CCC#N.Cl.P.S=S=S=S=S=S=S=S=S=S=S.[Cl][Pt+2][Cl].[Cl][Pt].[NH-]CC[NH-].[NH-]CC[NH-]. The summed E-state index contributed by atoms with van der Waals surface area (Å²) < 4.78 is 0. The molecule has 0 heterocycles. The van der Waals surface area contributed by atoms with Crippen LogP contribution in [0.1, 0.15) is 26.7 Å². The standard InChI is InChI=1S/2C3H5N.2C2H6N2.4ClH.H3P.2Pt.S11/c2*1-2-3-4;2*3-1-2-4;;;;;;;;1-3-5-7-9-11-10-8-6-4-2/h2*2H2,1H3;2*3-4H,1-2H2;4*1H;1H3;;;/q;;2*-2;;;;;;+1;+4;/p-3. The maximum Gasteiger partial charge on any atom is -0.171 e. The normalized spacial score (nSPS) is 6.03. The van der Waals surface area contributed by atoms with Crippen molar-refractivity contribution in [2.45, 2.75) is 26.7 Å². The van der Waals surface area contributed by atoms with Crippen LogP contribution in [0.25, 0.3) is 22.9 Å². The van der Waals surface area contributed by atoms with Crippen LogP contribution in [0.15, 0.2) is 0 Å². The first-order chi connectivity index (χ1) is 15.5. The van der Waals surface area contributed by atoms with E-state index in [-0.39, 0.29) is 48.5 Å². The van der Waals surface area contributed by atoms with Gasteiger partial charge in [0.15, 0.2) is 0 Å². The van der Waals surface area contributed by atoms with Crippen LogP contribution in [-0.4, -0.2) is 26.2 Å². The maximum atomic E-state index is 7.62. The predicted octanol–water partition coefficient (Wildman–Crippen LogP) is 6.54. The number of halogens is 4. The third-order valence-corrected chi connectivity index (χ3v) is 18.6. The molecule has 1 atom stereocenters. The van der Waals surface area contributed by atoms with Gasteiger partial charge in [0.2, 0.25) is 0 Å². The van der Waals surface area contributed by atoms with Gasteiger partial charge in [0.1, 0.15) is 0 Å². The zero-order valence-electron chi connectivity index (χ0n) is 17.5. The molecule has 6 nitrogen and oxygen atoms in total. The number of hydrogen-bond donors (Lipinski definition) is 0. The van der Waals surface area contributed by atoms with Gasteiger partial charge in [-0.2, -0.15) is 46.6 Å². The quantitative estimate of drug-likeness (QED) is 0.290. The van der Waals surface area contributed by atoms with E-state index in [4.69, 9.17) is 52.3 Å². The van der Waals surface area contributed by atoms with Crippen LogP contribution < -0.4 is 0 Å². The van der Waals surface area contributed by atoms with Crippen molar-refractivity contribution in [3.8, 4) is 12.1 Å². The summed E-state index contributed by atoms with van der Waals surface area (Å²) in [7, 11) is 28.8. The summed E-state index contributed by atoms with van der Waals surface area (Å²) in [6, 6.07) is 3.86. The number of nitriles is 2. The van der Waals surface area contributed by atoms with E-state index in [0.29, 0.717) is 12.8 Å². The summed E-state index contributed by atoms with van der Waals surface area (Å²) in [4.78, 5) is 0. The fourth-order valence-electron chi connectivity index (χ4n) is 0.0794. The van der Waals surface area contributed by atoms with Gasteiger partial charge >= 0.3 is 63.5 Å². The van der Waals surface area contributed by atoms with Crippen molar-refractivity contribution >= 4 is 153 Å². The summed E-state index contributed by atoms with van der Waals surface area (Å²) in [5, 5.41) is 15.2. The molecule has 4 N–H and O–H groups in total. The molecule has 0 aliphatic heterocycles. The van der Waals surface area contributed by atoms with Gasteiger partial charge in [-0.25, -0.2) is 0 Å². The van der Waals surface area contributed by atoms with Crippen molar-refractivity contribution in [1.29, 1.82) is 10.5 Å². The van der Waals surface area contributed by atoms with Crippen LogP contribution in [0.3, 0.4) is 0 Å². The molecular weight excluding hydrogens is 1120 g/mol. The minimum absolute atomic E-state index is 0. The summed E-state index contributed by atoms with van der Waals surface area (Å²) >= 11 is 10.5. The Bertz CT molecular complexity index is 704. The number of hydrogen-bond acceptors (Lipinski definition) is 4. The smallest absolute Gasteiger partial charge is 0.171 e. The summed E-state index contributed by atoms with van der Waals surface area (Å²) in [5.41, 5.74) is 25.1. The molecule has 0 fully saturated rings. The molecule has 0 bridgehead atoms. The van der Waals surface area contributed by atoms with Gasteiger partial charge in [-0.1, -0.05) is 13.8 Å². The summed E-state index contributed by atoms with van der Waals surface area (Å²) in [6.07, 6.45) is 1.25. The topological polar surface area (TPSA) is 143 Å². The Kier molecular flexibility index (Phi) is 180. The Morgan fingerprint density at radius 2 is 0.853 bits per heavy atom. The third kappa shape index (κ3) is 171. The Hall–Kier alpha value is 4.21. The molecule has 24 heteroatoms. The maximum absolute atomic E-state index is 7.62. The minimum atomic E-state index is -0.472. The third-order valence-electron chi connectivity index (χ3n) is 0.788. The van der Waals surface area contributed by atoms with Gasteiger partial charge in [-0.3, -0.25) is 0 Å². The van der Waals surface area contributed by atoms with Crippen LogP contribution in [0.5, 0.6) is 0 Å². The van der Waals surface area contributed by atoms with E-state index in [1.54, 1.807) is 80.9 Å². The molecule has 0 aliphatic rings. The van der Waals surface area contributed by atoms with E-state index < -0.39 is 16.5 Å². The predicted molar refractivity (Wildman–Crippen MR) is 185 cm³/mol. The Labute approximate surface area is 281 Å². The van der Waals surface area contributed by atoms with E-state index in [1.165, 1.54) is 17.8 Å². The molecule has 0 aromatic carbocycles. The molecule has 217 valence electrons. The van der Waals surface area contributed by atoms with Gasteiger partial charge in [-0.05, 0) is 0 Å². The van der Waals surface area contributed by atoms with E-state index in [1.807, 2.05) is 26.0 Å². The van der Waals surface area contributed by atoms with Gasteiger partial charge < -0.3 is 22.9 Å². The number of nitrogens with one attached hydrogen (secondary N) is 4. The van der Waals surface area contributed by atoms with Crippen LogP contribution in [-0.2, 0) is 138 Å². The molecule has 0 saturated heterocycles. The van der Waals surface area contributed by atoms with Gasteiger partial charge in [0.05, 0.1) is 12.1 Å². The molecule has 1 unspecified atom stereocenters. The van der Waals surface area contributed by atoms with Crippen molar-refractivity contribution in [1.82, 2.24) is 0 Å².